The molecule has 0 bridgehead atoms. The van der Waals surface area contributed by atoms with Crippen molar-refractivity contribution in [1.29, 1.82) is 0 Å². The molecule has 1 atom stereocenters. The van der Waals surface area contributed by atoms with Crippen LogP contribution in [0.2, 0.25) is 0 Å². The Kier molecular flexibility index (Phi) is 6.85. The molecule has 3 heteroatoms. The van der Waals surface area contributed by atoms with E-state index in [4.69, 9.17) is 0 Å². The molecule has 1 aromatic rings. The highest BCUT2D eigenvalue weighted by Crippen LogP contribution is 2.17. The molecule has 1 aromatic heterocycles. The summed E-state index contributed by atoms with van der Waals surface area (Å²) in [6, 6.07) is 4.82. The summed E-state index contributed by atoms with van der Waals surface area (Å²) in [5.41, 5.74) is 1.25. The van der Waals surface area contributed by atoms with Crippen molar-refractivity contribution in [2.45, 2.75) is 53.1 Å². The van der Waals surface area contributed by atoms with E-state index in [1.54, 1.807) is 0 Å². The zero-order valence-electron chi connectivity index (χ0n) is 13.1. The van der Waals surface area contributed by atoms with E-state index in [1.165, 1.54) is 18.4 Å². The molecular formula is C16H29N3. The fourth-order valence-electron chi connectivity index (χ4n) is 2.21. The Morgan fingerprint density at radius 3 is 2.53 bits per heavy atom. The zero-order valence-corrected chi connectivity index (χ0v) is 13.1. The molecule has 0 aliphatic rings. The second kappa shape index (κ2) is 8.16. The van der Waals surface area contributed by atoms with Crippen LogP contribution in [-0.4, -0.2) is 24.6 Å². The molecule has 0 fully saturated rings. The highest BCUT2D eigenvalue weighted by molar-refractivity contribution is 5.39. The van der Waals surface area contributed by atoms with Crippen molar-refractivity contribution in [3.63, 3.8) is 0 Å². The van der Waals surface area contributed by atoms with Crippen LogP contribution in [0.4, 0.5) is 5.82 Å². The molecule has 108 valence electrons. The first-order valence-electron chi connectivity index (χ1n) is 7.43. The third kappa shape index (κ3) is 5.60. The SMILES string of the molecule is CCCNCc1ccc(N(C)C(C)CC(C)C)nc1. The summed E-state index contributed by atoms with van der Waals surface area (Å²) >= 11 is 0. The van der Waals surface area contributed by atoms with Gasteiger partial charge in [0.25, 0.3) is 0 Å². The molecule has 0 amide bonds. The number of hydrogen-bond acceptors (Lipinski definition) is 3. The molecule has 0 aliphatic carbocycles. The van der Waals surface area contributed by atoms with Gasteiger partial charge in [-0.2, -0.15) is 0 Å². The standard InChI is InChI=1S/C16H29N3/c1-6-9-17-11-15-7-8-16(18-12-15)19(5)14(4)10-13(2)3/h7-8,12-14,17H,6,9-11H2,1-5H3. The summed E-state index contributed by atoms with van der Waals surface area (Å²) in [6.45, 7) is 10.9. The quantitative estimate of drug-likeness (QED) is 0.728. The first-order chi connectivity index (χ1) is 9.04. The lowest BCUT2D eigenvalue weighted by Crippen LogP contribution is -2.30. The number of nitrogens with zero attached hydrogens (tertiary/aromatic N) is 2. The van der Waals surface area contributed by atoms with Crippen LogP contribution in [0.5, 0.6) is 0 Å². The highest BCUT2D eigenvalue weighted by Gasteiger charge is 2.12. The molecule has 1 unspecified atom stereocenters. The Morgan fingerprint density at radius 1 is 1.26 bits per heavy atom. The van der Waals surface area contributed by atoms with Crippen LogP contribution in [0.1, 0.15) is 46.1 Å². The van der Waals surface area contributed by atoms with Crippen LogP contribution in [0.3, 0.4) is 0 Å². The van der Waals surface area contributed by atoms with Crippen LogP contribution >= 0.6 is 0 Å². The van der Waals surface area contributed by atoms with Crippen molar-refractivity contribution < 1.29 is 0 Å². The van der Waals surface area contributed by atoms with Gasteiger partial charge in [0, 0.05) is 25.8 Å². The van der Waals surface area contributed by atoms with Gasteiger partial charge >= 0.3 is 0 Å². The fraction of sp³-hybridized carbons (Fsp3) is 0.688. The maximum atomic E-state index is 4.57. The number of aromatic nitrogens is 1. The lowest BCUT2D eigenvalue weighted by atomic mass is 10.0. The predicted molar refractivity (Wildman–Crippen MR) is 83.6 cm³/mol. The van der Waals surface area contributed by atoms with Crippen LogP contribution in [-0.2, 0) is 6.54 Å². The summed E-state index contributed by atoms with van der Waals surface area (Å²) in [5.74, 6) is 1.78. The first kappa shape index (κ1) is 16.0. The van der Waals surface area contributed by atoms with E-state index in [9.17, 15) is 0 Å². The van der Waals surface area contributed by atoms with Crippen molar-refractivity contribution in [2.75, 3.05) is 18.5 Å². The molecule has 0 spiro atoms. The van der Waals surface area contributed by atoms with Crippen molar-refractivity contribution in [3.05, 3.63) is 23.9 Å². The van der Waals surface area contributed by atoms with Gasteiger partial charge in [0.05, 0.1) is 0 Å². The highest BCUT2D eigenvalue weighted by atomic mass is 15.2. The van der Waals surface area contributed by atoms with E-state index in [1.807, 2.05) is 6.20 Å². The topological polar surface area (TPSA) is 28.2 Å². The zero-order chi connectivity index (χ0) is 14.3. The van der Waals surface area contributed by atoms with Gasteiger partial charge in [0.1, 0.15) is 5.82 Å². The summed E-state index contributed by atoms with van der Waals surface area (Å²) in [7, 11) is 2.13. The average Bonchev–Trinajstić information content (AvgIpc) is 2.38. The van der Waals surface area contributed by atoms with Crippen LogP contribution < -0.4 is 10.2 Å². The van der Waals surface area contributed by atoms with Gasteiger partial charge in [-0.1, -0.05) is 26.8 Å². The molecule has 0 aliphatic heterocycles. The molecule has 19 heavy (non-hydrogen) atoms. The number of hydrogen-bond donors (Lipinski definition) is 1. The number of nitrogens with one attached hydrogen (secondary N) is 1. The molecule has 0 saturated carbocycles. The van der Waals surface area contributed by atoms with Gasteiger partial charge in [-0.3, -0.25) is 0 Å². The molecule has 1 N–H and O–H groups in total. The van der Waals surface area contributed by atoms with E-state index >= 15 is 0 Å². The van der Waals surface area contributed by atoms with Gasteiger partial charge in [-0.25, -0.2) is 4.98 Å². The minimum atomic E-state index is 0.525. The second-order valence-electron chi connectivity index (χ2n) is 5.79. The Morgan fingerprint density at radius 2 is 2.00 bits per heavy atom. The van der Waals surface area contributed by atoms with Gasteiger partial charge in [-0.05, 0) is 43.9 Å². The lowest BCUT2D eigenvalue weighted by molar-refractivity contribution is 0.502. The predicted octanol–water partition coefficient (Wildman–Crippen LogP) is 3.45. The Bertz CT molecular complexity index is 346. The van der Waals surface area contributed by atoms with E-state index in [0.29, 0.717) is 6.04 Å². The van der Waals surface area contributed by atoms with Crippen molar-refractivity contribution in [3.8, 4) is 0 Å². The van der Waals surface area contributed by atoms with Gasteiger partial charge in [0.15, 0.2) is 0 Å². The molecule has 0 radical (unpaired) electrons. The summed E-state index contributed by atoms with van der Waals surface area (Å²) < 4.78 is 0. The van der Waals surface area contributed by atoms with E-state index in [2.05, 4.69) is 62.1 Å². The van der Waals surface area contributed by atoms with Crippen LogP contribution in [0, 0.1) is 5.92 Å². The van der Waals surface area contributed by atoms with Crippen molar-refractivity contribution in [1.82, 2.24) is 10.3 Å². The summed E-state index contributed by atoms with van der Waals surface area (Å²) in [4.78, 5) is 6.84. The smallest absolute Gasteiger partial charge is 0.128 e. The lowest BCUT2D eigenvalue weighted by Gasteiger charge is -2.27. The first-order valence-corrected chi connectivity index (χ1v) is 7.43. The van der Waals surface area contributed by atoms with Crippen LogP contribution in [0.25, 0.3) is 0 Å². The minimum Gasteiger partial charge on any atom is -0.357 e. The molecule has 0 saturated heterocycles. The normalized spacial score (nSPS) is 12.7. The van der Waals surface area contributed by atoms with E-state index in [-0.39, 0.29) is 0 Å². The Hall–Kier alpha value is -1.09. The summed E-state index contributed by atoms with van der Waals surface area (Å²) in [5, 5.41) is 3.40. The average molecular weight is 263 g/mol. The van der Waals surface area contributed by atoms with Gasteiger partial charge in [0.2, 0.25) is 0 Å². The van der Waals surface area contributed by atoms with Crippen LogP contribution in [0.15, 0.2) is 18.3 Å². The molecule has 1 rings (SSSR count). The fourth-order valence-corrected chi connectivity index (χ4v) is 2.21. The second-order valence-corrected chi connectivity index (χ2v) is 5.79. The third-order valence-electron chi connectivity index (χ3n) is 3.40. The maximum Gasteiger partial charge on any atom is 0.128 e. The molecular weight excluding hydrogens is 234 g/mol. The summed E-state index contributed by atoms with van der Waals surface area (Å²) in [6.07, 6.45) is 4.34. The Balaban J connectivity index is 2.54. The molecule has 1 heterocycles. The van der Waals surface area contributed by atoms with E-state index in [0.717, 1.165) is 24.8 Å². The van der Waals surface area contributed by atoms with Crippen molar-refractivity contribution >= 4 is 5.82 Å². The molecule has 0 aromatic carbocycles. The van der Waals surface area contributed by atoms with E-state index < -0.39 is 0 Å². The largest absolute Gasteiger partial charge is 0.357 e. The maximum absolute atomic E-state index is 4.57. The number of rotatable bonds is 8. The Labute approximate surface area is 118 Å². The monoisotopic (exact) mass is 263 g/mol. The number of anilines is 1. The van der Waals surface area contributed by atoms with Crippen molar-refractivity contribution in [2.24, 2.45) is 5.92 Å². The third-order valence-corrected chi connectivity index (χ3v) is 3.40. The van der Waals surface area contributed by atoms with Gasteiger partial charge in [-0.15, -0.1) is 0 Å². The molecule has 3 nitrogen and oxygen atoms in total. The minimum absolute atomic E-state index is 0.525. The van der Waals surface area contributed by atoms with Gasteiger partial charge < -0.3 is 10.2 Å². The number of pyridine rings is 1.